The Morgan fingerprint density at radius 3 is 1.15 bits per heavy atom. The van der Waals surface area contributed by atoms with Crippen LogP contribution in [0.1, 0.15) is 41.5 Å². The van der Waals surface area contributed by atoms with E-state index in [9.17, 15) is 8.42 Å². The van der Waals surface area contributed by atoms with Crippen molar-refractivity contribution in [3.8, 4) is 0 Å². The summed E-state index contributed by atoms with van der Waals surface area (Å²) in [6.45, 7) is 12.3. The minimum absolute atomic E-state index is 0.135. The third kappa shape index (κ3) is 8.41. The quantitative estimate of drug-likeness (QED) is 0.636. The summed E-state index contributed by atoms with van der Waals surface area (Å²) < 4.78 is 23.3. The Morgan fingerprint density at radius 1 is 0.769 bits per heavy atom. The van der Waals surface area contributed by atoms with Gasteiger partial charge in [0.15, 0.2) is 0 Å². The number of hydrogen-bond donors (Lipinski definition) is 0. The molecule has 0 atom stereocenters. The minimum Gasteiger partial charge on any atom is -0.253 e. The monoisotopic (exact) mass is 202 g/mol. The summed E-state index contributed by atoms with van der Waals surface area (Å²) in [6.07, 6.45) is 0. The molecule has 0 aromatic rings. The van der Waals surface area contributed by atoms with E-state index >= 15 is 0 Å². The summed E-state index contributed by atoms with van der Waals surface area (Å²) in [6, 6.07) is 0. The Labute approximate surface area is 83.7 Å². The molecule has 0 bridgehead atoms. The van der Waals surface area contributed by atoms with E-state index in [2.05, 4.69) is 0 Å². The fourth-order valence-electron chi connectivity index (χ4n) is 1.37. The molecule has 0 N–H and O–H groups in total. The first-order valence-electron chi connectivity index (χ1n) is 4.62. The van der Waals surface area contributed by atoms with E-state index in [-0.39, 0.29) is 23.7 Å². The molecule has 0 spiro atoms. The molecule has 76 valence electrons. The fourth-order valence-corrected chi connectivity index (χ4v) is 4.11. The van der Waals surface area contributed by atoms with Crippen LogP contribution in [-0.4, -0.2) is 21.5 Å². The maximum Gasteiger partial charge on any atom is 0.264 e. The van der Waals surface area contributed by atoms with Crippen LogP contribution in [-0.2, 0) is 9.54 Å². The standard InChI is InChI=1S/C8H20B2O2S/c1-7(2,3)9-13(11,12)10-8(4,5)6/h9-10H,1-6H3. The first-order chi connectivity index (χ1) is 5.41. The van der Waals surface area contributed by atoms with E-state index in [0.29, 0.717) is 0 Å². The van der Waals surface area contributed by atoms with Crippen molar-refractivity contribution in [3.05, 3.63) is 0 Å². The Hall–Kier alpha value is 0.0799. The van der Waals surface area contributed by atoms with Gasteiger partial charge in [-0.25, -0.2) is 0 Å². The van der Waals surface area contributed by atoms with E-state index in [1.165, 1.54) is 0 Å². The maximum atomic E-state index is 11.7. The van der Waals surface area contributed by atoms with Crippen molar-refractivity contribution in [2.75, 3.05) is 0 Å². The van der Waals surface area contributed by atoms with Crippen LogP contribution >= 0.6 is 0 Å². The molecule has 5 heteroatoms. The van der Waals surface area contributed by atoms with Crippen molar-refractivity contribution in [2.24, 2.45) is 0 Å². The SMILES string of the molecule is CC(C)(C)BS(=O)(=O)BC(C)(C)C. The highest BCUT2D eigenvalue weighted by molar-refractivity contribution is 8.34. The zero-order valence-electron chi connectivity index (χ0n) is 9.64. The zero-order valence-corrected chi connectivity index (χ0v) is 10.5. The zero-order chi connectivity index (χ0) is 10.9. The van der Waals surface area contributed by atoms with Crippen LogP contribution in [0, 0.1) is 0 Å². The molecule has 0 rings (SSSR count). The van der Waals surface area contributed by atoms with Crippen LogP contribution in [0.3, 0.4) is 0 Å². The highest BCUT2D eigenvalue weighted by atomic mass is 32.2. The Morgan fingerprint density at radius 2 is 1.00 bits per heavy atom. The van der Waals surface area contributed by atoms with Gasteiger partial charge >= 0.3 is 0 Å². The molecule has 2 nitrogen and oxygen atoms in total. The molecular weight excluding hydrogens is 182 g/mol. The first kappa shape index (κ1) is 13.1. The molecule has 0 fully saturated rings. The van der Waals surface area contributed by atoms with Gasteiger partial charge in [0.05, 0.1) is 9.54 Å². The van der Waals surface area contributed by atoms with Gasteiger partial charge < -0.3 is 0 Å². The van der Waals surface area contributed by atoms with Gasteiger partial charge in [0.2, 0.25) is 0 Å². The van der Waals surface area contributed by atoms with E-state index in [1.807, 2.05) is 41.5 Å². The molecule has 0 radical (unpaired) electrons. The van der Waals surface area contributed by atoms with Gasteiger partial charge in [-0.05, 0) is 10.6 Å². The second-order valence-corrected chi connectivity index (χ2v) is 8.22. The average molecular weight is 202 g/mol. The Balaban J connectivity index is 4.46. The second-order valence-electron chi connectivity index (χ2n) is 6.15. The predicted octanol–water partition coefficient (Wildman–Crippen LogP) is 1.54. The summed E-state index contributed by atoms with van der Waals surface area (Å²) in [5, 5.41) is -0.270. The largest absolute Gasteiger partial charge is 0.264 e. The lowest BCUT2D eigenvalue weighted by atomic mass is 9.72. The third-order valence-corrected chi connectivity index (χ3v) is 3.92. The van der Waals surface area contributed by atoms with Gasteiger partial charge in [-0.2, -0.15) is 0 Å². The lowest BCUT2D eigenvalue weighted by Gasteiger charge is -2.20. The molecule has 0 aliphatic carbocycles. The Bertz CT molecular complexity index is 235. The maximum absolute atomic E-state index is 11.7. The molecular formula is C8H20B2O2S. The van der Waals surface area contributed by atoms with E-state index < -0.39 is 9.54 Å². The highest BCUT2D eigenvalue weighted by Gasteiger charge is 2.30. The van der Waals surface area contributed by atoms with Gasteiger partial charge in [0, 0.05) is 0 Å². The Kier molecular flexibility index (Phi) is 3.70. The van der Waals surface area contributed by atoms with Gasteiger partial charge in [0.1, 0.15) is 0 Å². The van der Waals surface area contributed by atoms with Crippen LogP contribution in [0.2, 0.25) is 10.6 Å². The molecule has 0 heterocycles. The van der Waals surface area contributed by atoms with Crippen molar-refractivity contribution in [3.63, 3.8) is 0 Å². The van der Waals surface area contributed by atoms with Crippen LogP contribution in [0.25, 0.3) is 0 Å². The molecule has 0 aliphatic rings. The van der Waals surface area contributed by atoms with Crippen LogP contribution in [0.4, 0.5) is 0 Å². The highest BCUT2D eigenvalue weighted by Crippen LogP contribution is 2.27. The van der Waals surface area contributed by atoms with E-state index in [1.54, 1.807) is 0 Å². The molecule has 13 heavy (non-hydrogen) atoms. The van der Waals surface area contributed by atoms with Crippen molar-refractivity contribution >= 4 is 22.7 Å². The molecule has 0 unspecified atom stereocenters. The first-order valence-corrected chi connectivity index (χ1v) is 6.44. The number of rotatable bonds is 2. The normalized spacial score (nSPS) is 14.0. The van der Waals surface area contributed by atoms with Crippen LogP contribution < -0.4 is 0 Å². The molecule has 0 saturated heterocycles. The van der Waals surface area contributed by atoms with Gasteiger partial charge in [-0.1, -0.05) is 41.5 Å². The van der Waals surface area contributed by atoms with Crippen molar-refractivity contribution in [1.82, 2.24) is 0 Å². The minimum atomic E-state index is -2.90. The van der Waals surface area contributed by atoms with Gasteiger partial charge in [0.25, 0.3) is 13.1 Å². The molecule has 0 saturated carbocycles. The fraction of sp³-hybridized carbons (Fsp3) is 1.00. The summed E-state index contributed by atoms with van der Waals surface area (Å²) in [5.41, 5.74) is 0. The topological polar surface area (TPSA) is 34.1 Å². The molecule has 0 aromatic carbocycles. The lowest BCUT2D eigenvalue weighted by Crippen LogP contribution is -2.29. The molecule has 0 aromatic heterocycles. The van der Waals surface area contributed by atoms with Gasteiger partial charge in [-0.15, -0.1) is 0 Å². The smallest absolute Gasteiger partial charge is 0.253 e. The van der Waals surface area contributed by atoms with Crippen molar-refractivity contribution in [2.45, 2.75) is 52.2 Å². The van der Waals surface area contributed by atoms with E-state index in [4.69, 9.17) is 0 Å². The van der Waals surface area contributed by atoms with Crippen molar-refractivity contribution in [1.29, 1.82) is 0 Å². The average Bonchev–Trinajstić information content (AvgIpc) is 1.43. The van der Waals surface area contributed by atoms with Crippen LogP contribution in [0.5, 0.6) is 0 Å². The predicted molar refractivity (Wildman–Crippen MR) is 62.6 cm³/mol. The summed E-state index contributed by atoms with van der Waals surface area (Å²) >= 11 is 0. The van der Waals surface area contributed by atoms with E-state index in [0.717, 1.165) is 0 Å². The summed E-state index contributed by atoms with van der Waals surface area (Å²) in [4.78, 5) is 0. The lowest BCUT2D eigenvalue weighted by molar-refractivity contribution is 0.615. The molecule has 0 aliphatic heterocycles. The number of hydrogen-bond acceptors (Lipinski definition) is 2. The molecule has 0 amide bonds. The van der Waals surface area contributed by atoms with Crippen LogP contribution in [0.15, 0.2) is 0 Å². The van der Waals surface area contributed by atoms with Gasteiger partial charge in [-0.3, -0.25) is 8.42 Å². The second kappa shape index (κ2) is 3.68. The van der Waals surface area contributed by atoms with Crippen molar-refractivity contribution < 1.29 is 8.42 Å². The summed E-state index contributed by atoms with van der Waals surface area (Å²) in [7, 11) is -2.90. The summed E-state index contributed by atoms with van der Waals surface area (Å²) in [5.74, 6) is 0. The third-order valence-electron chi connectivity index (χ3n) is 1.31.